The first-order valence-corrected chi connectivity index (χ1v) is 12.9. The summed E-state index contributed by atoms with van der Waals surface area (Å²) in [6.07, 6.45) is -6.94. The zero-order valence-corrected chi connectivity index (χ0v) is 23.5. The van der Waals surface area contributed by atoms with E-state index in [1.54, 1.807) is 6.92 Å². The van der Waals surface area contributed by atoms with E-state index in [-0.39, 0.29) is 23.7 Å². The van der Waals surface area contributed by atoms with E-state index >= 15 is 0 Å². The average Bonchev–Trinajstić information content (AvgIpc) is 3.55. The molecule has 1 aliphatic rings. The highest BCUT2D eigenvalue weighted by Crippen LogP contribution is 2.33. The minimum Gasteiger partial charge on any atom is -0.382 e. The maximum atomic E-state index is 13.4. The number of hydrogen-bond acceptors (Lipinski definition) is 7. The zero-order valence-electron chi connectivity index (χ0n) is 23.5. The number of urea groups is 1. The molecule has 0 aromatic carbocycles. The first kappa shape index (κ1) is 33.6. The van der Waals surface area contributed by atoms with Crippen LogP contribution in [0.5, 0.6) is 0 Å². The minimum atomic E-state index is -4.79. The van der Waals surface area contributed by atoms with E-state index in [9.17, 15) is 40.7 Å². The van der Waals surface area contributed by atoms with Crippen molar-refractivity contribution in [1.82, 2.24) is 30.3 Å². The number of ether oxygens (including phenoxy) is 2. The molecule has 3 N–H and O–H groups in total. The standard InChI is InChI=1S/C25H31F6N7O5/c1-5-38-16(7-9-33-38)21(40)34-15(12-43-23(2,3)25(29,30)31)20(39)36-19-10-14(6-8-32-19)17(13-42-4)37-11-18(24(26,27)28)35-22(37)41/h6-10,15,17-18H,5,11-13H2,1-4H3,(H,34,40)(H,35,41)(H,32,36,39)/t15-,17+,18-/m0/s1. The van der Waals surface area contributed by atoms with Crippen molar-refractivity contribution in [2.24, 2.45) is 0 Å². The fraction of sp³-hybridized carbons (Fsp3) is 0.560. The first-order chi connectivity index (χ1) is 20.0. The Morgan fingerprint density at radius 3 is 2.42 bits per heavy atom. The molecular weight excluding hydrogens is 592 g/mol. The van der Waals surface area contributed by atoms with Crippen molar-refractivity contribution >= 4 is 23.7 Å². The smallest absolute Gasteiger partial charge is 0.382 e. The highest BCUT2D eigenvalue weighted by molar-refractivity contribution is 6.00. The fourth-order valence-corrected chi connectivity index (χ4v) is 4.04. The third-order valence-electron chi connectivity index (χ3n) is 6.62. The molecule has 43 heavy (non-hydrogen) atoms. The number of carbonyl (C=O) groups excluding carboxylic acids is 3. The third kappa shape index (κ3) is 8.13. The number of carbonyl (C=O) groups is 3. The Bertz CT molecular complexity index is 1300. The van der Waals surface area contributed by atoms with Crippen LogP contribution in [0.3, 0.4) is 0 Å². The molecule has 4 amide bonds. The minimum absolute atomic E-state index is 0.0407. The number of aryl methyl sites for hydroxylation is 1. The summed E-state index contributed by atoms with van der Waals surface area (Å²) in [7, 11) is 1.28. The van der Waals surface area contributed by atoms with Gasteiger partial charge in [0.25, 0.3) is 11.8 Å². The topological polar surface area (TPSA) is 140 Å². The number of methoxy groups -OCH3 is 1. The normalized spacial score (nSPS) is 17.4. The van der Waals surface area contributed by atoms with Gasteiger partial charge in [-0.15, -0.1) is 0 Å². The van der Waals surface area contributed by atoms with Gasteiger partial charge in [0.05, 0.1) is 25.8 Å². The van der Waals surface area contributed by atoms with Crippen molar-refractivity contribution in [3.8, 4) is 0 Å². The van der Waals surface area contributed by atoms with Crippen LogP contribution in [0, 0.1) is 0 Å². The van der Waals surface area contributed by atoms with Crippen LogP contribution in [0.25, 0.3) is 0 Å². The molecule has 1 fully saturated rings. The van der Waals surface area contributed by atoms with E-state index in [0.717, 1.165) is 18.7 Å². The van der Waals surface area contributed by atoms with Crippen LogP contribution in [0.2, 0.25) is 0 Å². The average molecular weight is 624 g/mol. The highest BCUT2D eigenvalue weighted by atomic mass is 19.4. The molecule has 0 spiro atoms. The quantitative estimate of drug-likeness (QED) is 0.309. The lowest BCUT2D eigenvalue weighted by Gasteiger charge is -2.30. The SMILES string of the molecule is CCn1nccc1C(=O)N[C@@H](COC(C)(C)C(F)(F)F)C(=O)Nc1cc([C@@H](COC)N2C[C@@H](C(F)(F)F)NC2=O)ccn1. The molecule has 238 valence electrons. The Kier molecular flexibility index (Phi) is 10.3. The number of halogens is 6. The van der Waals surface area contributed by atoms with Gasteiger partial charge in [-0.2, -0.15) is 31.4 Å². The van der Waals surface area contributed by atoms with Crippen molar-refractivity contribution < 1.29 is 50.2 Å². The Morgan fingerprint density at radius 2 is 1.84 bits per heavy atom. The molecule has 3 heterocycles. The predicted octanol–water partition coefficient (Wildman–Crippen LogP) is 3.04. The Morgan fingerprint density at radius 1 is 1.14 bits per heavy atom. The Labute approximate surface area is 242 Å². The van der Waals surface area contributed by atoms with E-state index in [1.807, 2.05) is 5.32 Å². The van der Waals surface area contributed by atoms with E-state index in [4.69, 9.17) is 9.47 Å². The molecule has 3 atom stereocenters. The van der Waals surface area contributed by atoms with Crippen molar-refractivity contribution in [3.05, 3.63) is 41.9 Å². The molecule has 3 rings (SSSR count). The first-order valence-electron chi connectivity index (χ1n) is 12.9. The van der Waals surface area contributed by atoms with Gasteiger partial charge in [-0.3, -0.25) is 14.3 Å². The van der Waals surface area contributed by atoms with E-state index in [2.05, 4.69) is 20.7 Å². The van der Waals surface area contributed by atoms with Crippen molar-refractivity contribution in [2.45, 2.75) is 63.4 Å². The molecule has 1 aliphatic heterocycles. The Balaban J connectivity index is 1.84. The lowest BCUT2D eigenvalue weighted by molar-refractivity contribution is -0.264. The van der Waals surface area contributed by atoms with Crippen molar-refractivity contribution in [1.29, 1.82) is 0 Å². The van der Waals surface area contributed by atoms with Crippen LogP contribution in [0.15, 0.2) is 30.6 Å². The Hall–Kier alpha value is -3.93. The fourth-order valence-electron chi connectivity index (χ4n) is 4.04. The summed E-state index contributed by atoms with van der Waals surface area (Å²) in [5, 5.41) is 10.5. The summed E-state index contributed by atoms with van der Waals surface area (Å²) >= 11 is 0. The van der Waals surface area contributed by atoms with E-state index in [1.165, 1.54) is 42.4 Å². The number of nitrogens with one attached hydrogen (secondary N) is 3. The van der Waals surface area contributed by atoms with Gasteiger partial charge in [0, 0.05) is 26.0 Å². The van der Waals surface area contributed by atoms with Gasteiger partial charge in [-0.05, 0) is 44.5 Å². The lowest BCUT2D eigenvalue weighted by Crippen LogP contribution is -2.51. The summed E-state index contributed by atoms with van der Waals surface area (Å²) in [5.74, 6) is -1.98. The molecule has 0 bridgehead atoms. The number of nitrogens with zero attached hydrogens (tertiary/aromatic N) is 4. The van der Waals surface area contributed by atoms with Crippen LogP contribution >= 0.6 is 0 Å². The number of hydrogen-bond donors (Lipinski definition) is 3. The number of alkyl halides is 6. The van der Waals surface area contributed by atoms with Gasteiger partial charge in [-0.25, -0.2) is 9.78 Å². The van der Waals surface area contributed by atoms with Crippen LogP contribution < -0.4 is 16.0 Å². The molecule has 0 saturated carbocycles. The lowest BCUT2D eigenvalue weighted by atomic mass is 10.1. The molecule has 12 nitrogen and oxygen atoms in total. The van der Waals surface area contributed by atoms with Gasteiger partial charge in [0.15, 0.2) is 5.60 Å². The van der Waals surface area contributed by atoms with Gasteiger partial charge in [0.1, 0.15) is 23.6 Å². The van der Waals surface area contributed by atoms with Gasteiger partial charge >= 0.3 is 18.4 Å². The molecule has 0 unspecified atom stereocenters. The summed E-state index contributed by atoms with van der Waals surface area (Å²) in [4.78, 5) is 43.4. The number of anilines is 1. The summed E-state index contributed by atoms with van der Waals surface area (Å²) in [5.41, 5.74) is -2.39. The van der Waals surface area contributed by atoms with Crippen LogP contribution in [-0.4, -0.2) is 94.4 Å². The largest absolute Gasteiger partial charge is 0.416 e. The molecule has 2 aromatic heterocycles. The van der Waals surface area contributed by atoms with Crippen molar-refractivity contribution in [2.75, 3.05) is 32.2 Å². The predicted molar refractivity (Wildman–Crippen MR) is 138 cm³/mol. The second kappa shape index (κ2) is 13.2. The van der Waals surface area contributed by atoms with E-state index in [0.29, 0.717) is 6.54 Å². The van der Waals surface area contributed by atoms with Crippen LogP contribution in [0.4, 0.5) is 37.0 Å². The van der Waals surface area contributed by atoms with Gasteiger partial charge < -0.3 is 30.3 Å². The number of pyridine rings is 1. The molecule has 2 aromatic rings. The summed E-state index contributed by atoms with van der Waals surface area (Å²) in [6.45, 7) is 1.72. The zero-order chi connectivity index (χ0) is 32.2. The van der Waals surface area contributed by atoms with Crippen LogP contribution in [0.1, 0.15) is 42.9 Å². The highest BCUT2D eigenvalue weighted by Gasteiger charge is 2.50. The maximum absolute atomic E-state index is 13.4. The second-order valence-electron chi connectivity index (χ2n) is 10.0. The number of aromatic nitrogens is 3. The second-order valence-corrected chi connectivity index (χ2v) is 10.0. The maximum Gasteiger partial charge on any atom is 0.416 e. The molecular formula is C25H31F6N7O5. The van der Waals surface area contributed by atoms with E-state index < -0.39 is 67.1 Å². The third-order valence-corrected chi connectivity index (χ3v) is 6.62. The molecule has 18 heteroatoms. The number of rotatable bonds is 12. The summed E-state index contributed by atoms with van der Waals surface area (Å²) < 4.78 is 91.3. The van der Waals surface area contributed by atoms with Crippen molar-refractivity contribution in [3.63, 3.8) is 0 Å². The van der Waals surface area contributed by atoms with Gasteiger partial charge in [-0.1, -0.05) is 0 Å². The van der Waals surface area contributed by atoms with Gasteiger partial charge in [0.2, 0.25) is 0 Å². The summed E-state index contributed by atoms with van der Waals surface area (Å²) in [6, 6.07) is -1.73. The molecule has 0 aliphatic carbocycles. The molecule has 1 saturated heterocycles. The monoisotopic (exact) mass is 623 g/mol. The number of amides is 4. The van der Waals surface area contributed by atoms with Crippen LogP contribution in [-0.2, 0) is 20.8 Å². The molecule has 0 radical (unpaired) electrons.